The Labute approximate surface area is 388 Å². The van der Waals surface area contributed by atoms with Crippen molar-refractivity contribution in [2.75, 3.05) is 65.4 Å². The predicted molar refractivity (Wildman–Crippen MR) is 250 cm³/mol. The number of ether oxygens (including phenoxy) is 2. The number of unbranched alkanes of at least 4 members (excludes halogenated alkanes) is 3. The molecule has 1 aliphatic carbocycles. The lowest BCUT2D eigenvalue weighted by Crippen LogP contribution is -2.81. The summed E-state index contributed by atoms with van der Waals surface area (Å²) in [5.41, 5.74) is -1.09. The zero-order valence-corrected chi connectivity index (χ0v) is 40.0. The van der Waals surface area contributed by atoms with Gasteiger partial charge in [-0.2, -0.15) is 8.42 Å². The first kappa shape index (κ1) is 48.4. The van der Waals surface area contributed by atoms with Crippen LogP contribution in [-0.4, -0.2) is 149 Å². The van der Waals surface area contributed by atoms with Crippen LogP contribution >= 0.6 is 0 Å². The number of amides is 1. The molecule has 3 fully saturated rings. The molecule has 362 valence electrons. The second kappa shape index (κ2) is 17.8. The molecule has 1 spiro atoms. The Balaban J connectivity index is 0.00000112. The van der Waals surface area contributed by atoms with Crippen molar-refractivity contribution in [3.8, 4) is 5.75 Å². The first-order chi connectivity index (χ1) is 31.3. The predicted octanol–water partition coefficient (Wildman–Crippen LogP) is 4.29. The van der Waals surface area contributed by atoms with E-state index in [1.807, 2.05) is 37.1 Å². The average Bonchev–Trinajstić information content (AvgIpc) is 3.95. The highest BCUT2D eigenvalue weighted by Gasteiger charge is 2.78. The molecule has 5 aliphatic heterocycles. The van der Waals surface area contributed by atoms with Gasteiger partial charge in [0, 0.05) is 90.6 Å². The smallest absolute Gasteiger partial charge is 0.394 e. The molecule has 6 heterocycles. The maximum Gasteiger partial charge on any atom is 0.394 e. The largest absolute Gasteiger partial charge is 0.496 e. The number of carbonyl (C=O) groups excluding carboxylic acids is 2. The number of para-hydroxylation sites is 1. The van der Waals surface area contributed by atoms with Crippen molar-refractivity contribution in [2.45, 2.75) is 125 Å². The lowest BCUT2D eigenvalue weighted by Gasteiger charge is -2.63. The van der Waals surface area contributed by atoms with Gasteiger partial charge in [-0.25, -0.2) is 0 Å². The van der Waals surface area contributed by atoms with E-state index in [0.29, 0.717) is 76.0 Å². The van der Waals surface area contributed by atoms with Gasteiger partial charge in [0.2, 0.25) is 0 Å². The third kappa shape index (κ3) is 7.47. The Bertz CT molecular complexity index is 2470. The molecule has 1 amide bonds. The Morgan fingerprint density at radius 1 is 0.970 bits per heavy atom. The summed E-state index contributed by atoms with van der Waals surface area (Å²) in [5.74, 6) is -0.534. The Morgan fingerprint density at radius 2 is 1.71 bits per heavy atom. The van der Waals surface area contributed by atoms with Crippen molar-refractivity contribution in [1.29, 1.82) is 0 Å². The van der Waals surface area contributed by atoms with Gasteiger partial charge in [-0.3, -0.25) is 28.5 Å². The lowest BCUT2D eigenvalue weighted by molar-refractivity contribution is -0.203. The average molecular weight is 936 g/mol. The van der Waals surface area contributed by atoms with E-state index in [0.717, 1.165) is 72.2 Å². The van der Waals surface area contributed by atoms with Crippen LogP contribution in [0.5, 0.6) is 5.75 Å². The molecule has 16 nitrogen and oxygen atoms in total. The molecule has 10 atom stereocenters. The highest BCUT2D eigenvalue weighted by Crippen LogP contribution is 2.67. The molecule has 2 aromatic carbocycles. The molecular weight excluding hydrogens is 867 g/mol. The summed E-state index contributed by atoms with van der Waals surface area (Å²) >= 11 is 0. The molecule has 9 rings (SSSR count). The number of aliphatic hydroxyl groups is 3. The van der Waals surface area contributed by atoms with Crippen molar-refractivity contribution in [2.24, 2.45) is 11.3 Å². The van der Waals surface area contributed by atoms with Gasteiger partial charge in [0.25, 0.3) is 5.91 Å². The molecule has 2 saturated heterocycles. The summed E-state index contributed by atoms with van der Waals surface area (Å²) < 4.78 is 44.0. The first-order valence-corrected chi connectivity index (χ1v) is 25.1. The monoisotopic (exact) mass is 935 g/mol. The molecule has 3 aromatic rings. The van der Waals surface area contributed by atoms with E-state index in [1.54, 1.807) is 7.11 Å². The summed E-state index contributed by atoms with van der Waals surface area (Å²) in [6.45, 7) is 10.1. The SMILES string of the molecule is CCCCCCNC(=O)[C@@]1(O)[C@H](O)[C@]2(CC)C=CCN3CC[C@@]4(c5cc([C@@]6(C(=O)OC)C[C@@H]7CN(CCc8c6[nH]c6ccccc86)C[C@](O)(CC)C7)c(OC)cc5N(C)[C@@H]14)[C@@H]32.O=S(=O)(O)O. The van der Waals surface area contributed by atoms with Crippen LogP contribution in [0.1, 0.15) is 101 Å². The van der Waals surface area contributed by atoms with E-state index in [9.17, 15) is 20.1 Å². The number of nitrogens with zero attached hydrogens (tertiary/aromatic N) is 3. The Hall–Kier alpha value is -4.07. The number of rotatable bonds is 11. The number of aliphatic hydroxyl groups excluding tert-OH is 1. The molecule has 6 aliphatic rings. The minimum Gasteiger partial charge on any atom is -0.496 e. The number of aromatic amines is 1. The molecule has 17 heteroatoms. The fourth-order valence-electron chi connectivity index (χ4n) is 13.9. The van der Waals surface area contributed by atoms with Crippen LogP contribution in [0.2, 0.25) is 0 Å². The Morgan fingerprint density at radius 3 is 2.39 bits per heavy atom. The van der Waals surface area contributed by atoms with E-state index in [-0.39, 0.29) is 12.0 Å². The number of piperidine rings is 1. The van der Waals surface area contributed by atoms with Crippen molar-refractivity contribution < 1.29 is 51.9 Å². The van der Waals surface area contributed by atoms with Crippen LogP contribution in [0.4, 0.5) is 5.69 Å². The third-order valence-corrected chi connectivity index (χ3v) is 16.5. The van der Waals surface area contributed by atoms with Gasteiger partial charge in [-0.05, 0) is 80.7 Å². The van der Waals surface area contributed by atoms with Crippen LogP contribution in [0.25, 0.3) is 10.9 Å². The van der Waals surface area contributed by atoms with Gasteiger partial charge in [0.05, 0.1) is 25.9 Å². The second-order valence-corrected chi connectivity index (χ2v) is 20.8. The Kier molecular flexibility index (Phi) is 13.0. The number of nitrogens with one attached hydrogen (secondary N) is 2. The van der Waals surface area contributed by atoms with Crippen molar-refractivity contribution in [3.05, 3.63) is 70.9 Å². The number of hydrogen-bond donors (Lipinski definition) is 7. The summed E-state index contributed by atoms with van der Waals surface area (Å²) in [6, 6.07) is 11.3. The number of carbonyl (C=O) groups is 2. The van der Waals surface area contributed by atoms with Crippen LogP contribution in [-0.2, 0) is 42.0 Å². The van der Waals surface area contributed by atoms with Gasteiger partial charge in [0.1, 0.15) is 17.3 Å². The fourth-order valence-corrected chi connectivity index (χ4v) is 13.9. The quantitative estimate of drug-likeness (QED) is 0.0617. The van der Waals surface area contributed by atoms with E-state index in [2.05, 4.69) is 64.3 Å². The maximum absolute atomic E-state index is 15.4. The first-order valence-electron chi connectivity index (χ1n) is 23.7. The topological polar surface area (TPSA) is 225 Å². The second-order valence-electron chi connectivity index (χ2n) is 19.9. The van der Waals surface area contributed by atoms with Crippen LogP contribution < -0.4 is 15.0 Å². The standard InChI is InChI=1S/C49H67N5O7.H2O4S/c1-7-10-11-14-21-50-43(56)49(59)41-47(20-24-54-22-15-19-46(9-3,40(47)54)42(49)55)34-25-35(38(60-5)26-37(34)52(41)4)48(44(57)61-6)28-31-27-45(58,8-2)30-53(29-31)23-18-33-32-16-12-13-17-36(32)51-39(33)48;1-5(2,3)4/h12-13,15-17,19,25-26,31,40-42,51,55,58-59H,7-11,14,18,20-24,27-30H2,1-6H3,(H,50,56);(H2,1,2,3,4)/t31-,40+,41-,42-,45+,46-,47-,48+,49+;/m1./s1. The van der Waals surface area contributed by atoms with E-state index in [1.165, 1.54) is 7.11 Å². The summed E-state index contributed by atoms with van der Waals surface area (Å²) in [4.78, 5) is 40.8. The molecule has 1 aromatic heterocycles. The summed E-state index contributed by atoms with van der Waals surface area (Å²) in [7, 11) is 0.352. The number of anilines is 1. The summed E-state index contributed by atoms with van der Waals surface area (Å²) in [5, 5.41) is 42.3. The molecule has 66 heavy (non-hydrogen) atoms. The number of benzene rings is 2. The maximum atomic E-state index is 15.4. The van der Waals surface area contributed by atoms with Crippen LogP contribution in [0.15, 0.2) is 48.6 Å². The highest BCUT2D eigenvalue weighted by atomic mass is 32.3. The third-order valence-electron chi connectivity index (χ3n) is 16.5. The molecule has 2 bridgehead atoms. The number of esters is 1. The zero-order chi connectivity index (χ0) is 47.6. The molecule has 0 radical (unpaired) electrons. The molecule has 1 saturated carbocycles. The summed E-state index contributed by atoms with van der Waals surface area (Å²) in [6.07, 6.45) is 9.97. The van der Waals surface area contributed by atoms with E-state index < -0.39 is 61.9 Å². The number of hydrogen-bond acceptors (Lipinski definition) is 12. The lowest BCUT2D eigenvalue weighted by atomic mass is 9.47. The normalized spacial score (nSPS) is 34.4. The molecule has 1 unspecified atom stereocenters. The van der Waals surface area contributed by atoms with Gasteiger partial charge in [-0.1, -0.05) is 70.4 Å². The minimum absolute atomic E-state index is 0.0733. The molecule has 7 N–H and O–H groups in total. The van der Waals surface area contributed by atoms with Crippen LogP contribution in [0, 0.1) is 11.3 Å². The number of methoxy groups -OCH3 is 2. The highest BCUT2D eigenvalue weighted by molar-refractivity contribution is 7.79. The number of H-pyrrole nitrogens is 1. The van der Waals surface area contributed by atoms with Gasteiger partial charge >= 0.3 is 16.4 Å². The van der Waals surface area contributed by atoms with Gasteiger partial charge < -0.3 is 40.0 Å². The molecular formula is C49H69N5O11S. The van der Waals surface area contributed by atoms with Gasteiger partial charge in [0.15, 0.2) is 5.60 Å². The van der Waals surface area contributed by atoms with Crippen molar-refractivity contribution in [3.63, 3.8) is 0 Å². The zero-order valence-electron chi connectivity index (χ0n) is 39.2. The number of aromatic nitrogens is 1. The van der Waals surface area contributed by atoms with E-state index >= 15 is 4.79 Å². The minimum atomic E-state index is -4.67. The van der Waals surface area contributed by atoms with Crippen LogP contribution in [0.3, 0.4) is 0 Å². The fraction of sp³-hybridized carbons (Fsp3) is 0.633. The number of likely N-dealkylation sites (N-methyl/N-ethyl adjacent to an activating group) is 1. The number of fused-ring (bicyclic) bond motifs is 6. The van der Waals surface area contributed by atoms with E-state index in [4.69, 9.17) is 27.0 Å². The van der Waals surface area contributed by atoms with Crippen molar-refractivity contribution >= 4 is 38.9 Å². The van der Waals surface area contributed by atoms with Crippen molar-refractivity contribution in [1.82, 2.24) is 20.1 Å². The van der Waals surface area contributed by atoms with Gasteiger partial charge in [-0.15, -0.1) is 0 Å².